The normalized spacial score (nSPS) is 22.1. The van der Waals surface area contributed by atoms with E-state index < -0.39 is 5.97 Å². The molecule has 2 aliphatic rings. The lowest BCUT2D eigenvalue weighted by molar-refractivity contribution is -0.141. The molecule has 5 heteroatoms. The number of carbonyl (C=O) groups excluding carboxylic acids is 1. The van der Waals surface area contributed by atoms with E-state index in [2.05, 4.69) is 12.1 Å². The summed E-state index contributed by atoms with van der Waals surface area (Å²) < 4.78 is 0. The Kier molecular flexibility index (Phi) is 3.92. The lowest BCUT2D eigenvalue weighted by Gasteiger charge is -2.30. The monoisotopic (exact) mass is 288 g/mol. The average Bonchev–Trinajstić information content (AvgIpc) is 2.95. The zero-order chi connectivity index (χ0) is 14.8. The number of amides is 1. The first-order valence-corrected chi connectivity index (χ1v) is 7.43. The zero-order valence-corrected chi connectivity index (χ0v) is 12.0. The van der Waals surface area contributed by atoms with Gasteiger partial charge in [0.1, 0.15) is 0 Å². The maximum Gasteiger partial charge on any atom is 0.307 e. The van der Waals surface area contributed by atoms with Crippen LogP contribution in [0.2, 0.25) is 0 Å². The summed E-state index contributed by atoms with van der Waals surface area (Å²) in [4.78, 5) is 27.2. The van der Waals surface area contributed by atoms with Crippen molar-refractivity contribution in [1.82, 2.24) is 9.80 Å². The number of carboxylic acids is 1. The highest BCUT2D eigenvalue weighted by atomic mass is 16.4. The van der Waals surface area contributed by atoms with Gasteiger partial charge in [0, 0.05) is 19.6 Å². The van der Waals surface area contributed by atoms with Gasteiger partial charge in [-0.05, 0) is 30.5 Å². The van der Waals surface area contributed by atoms with Gasteiger partial charge in [-0.25, -0.2) is 0 Å². The second kappa shape index (κ2) is 5.85. The average molecular weight is 288 g/mol. The molecule has 1 saturated heterocycles. The molecule has 112 valence electrons. The number of carbonyl (C=O) groups is 2. The summed E-state index contributed by atoms with van der Waals surface area (Å²) in [5.41, 5.74) is 2.55. The molecule has 2 heterocycles. The Hall–Kier alpha value is -1.88. The fraction of sp³-hybridized carbons (Fsp3) is 0.500. The zero-order valence-electron chi connectivity index (χ0n) is 12.0. The van der Waals surface area contributed by atoms with E-state index in [9.17, 15) is 9.59 Å². The van der Waals surface area contributed by atoms with Crippen molar-refractivity contribution in [3.8, 4) is 0 Å². The molecule has 3 rings (SSSR count). The summed E-state index contributed by atoms with van der Waals surface area (Å²) in [6.45, 7) is 2.96. The summed E-state index contributed by atoms with van der Waals surface area (Å²) in [6, 6.07) is 8.23. The standard InChI is InChI=1S/C16H20N2O3/c19-15(11-17-7-5-14(9-17)16(20)21)18-8-6-12-3-1-2-4-13(12)10-18/h1-4,14H,5-11H2,(H,20,21). The maximum atomic E-state index is 12.4. The van der Waals surface area contributed by atoms with Crippen LogP contribution >= 0.6 is 0 Å². The van der Waals surface area contributed by atoms with Gasteiger partial charge in [-0.15, -0.1) is 0 Å². The van der Waals surface area contributed by atoms with Crippen LogP contribution in [0.1, 0.15) is 17.5 Å². The van der Waals surface area contributed by atoms with Crippen LogP contribution in [-0.4, -0.2) is 53.0 Å². The molecular weight excluding hydrogens is 268 g/mol. The van der Waals surface area contributed by atoms with E-state index in [0.29, 0.717) is 32.6 Å². The van der Waals surface area contributed by atoms with Crippen molar-refractivity contribution in [2.24, 2.45) is 5.92 Å². The number of carboxylic acid groups (broad SMARTS) is 1. The lowest BCUT2D eigenvalue weighted by atomic mass is 10.00. The van der Waals surface area contributed by atoms with Crippen LogP contribution in [0.25, 0.3) is 0 Å². The Morgan fingerprint density at radius 1 is 1.19 bits per heavy atom. The van der Waals surface area contributed by atoms with E-state index in [4.69, 9.17) is 5.11 Å². The third-order valence-corrected chi connectivity index (χ3v) is 4.46. The van der Waals surface area contributed by atoms with Crippen LogP contribution in [0.3, 0.4) is 0 Å². The smallest absolute Gasteiger partial charge is 0.307 e. The van der Waals surface area contributed by atoms with Crippen LogP contribution in [0.15, 0.2) is 24.3 Å². The van der Waals surface area contributed by atoms with Crippen molar-refractivity contribution in [3.05, 3.63) is 35.4 Å². The fourth-order valence-corrected chi connectivity index (χ4v) is 3.18. The molecule has 0 bridgehead atoms. The Labute approximate surface area is 124 Å². The molecular formula is C16H20N2O3. The van der Waals surface area contributed by atoms with Crippen LogP contribution in [0.4, 0.5) is 0 Å². The first kappa shape index (κ1) is 14.1. The Balaban J connectivity index is 1.57. The first-order valence-electron chi connectivity index (χ1n) is 7.43. The maximum absolute atomic E-state index is 12.4. The van der Waals surface area contributed by atoms with Gasteiger partial charge in [-0.3, -0.25) is 14.5 Å². The summed E-state index contributed by atoms with van der Waals surface area (Å²) in [5.74, 6) is -0.965. The number of rotatable bonds is 3. The Morgan fingerprint density at radius 2 is 1.95 bits per heavy atom. The largest absolute Gasteiger partial charge is 0.481 e. The predicted molar refractivity (Wildman–Crippen MR) is 77.7 cm³/mol. The summed E-state index contributed by atoms with van der Waals surface area (Å²) >= 11 is 0. The summed E-state index contributed by atoms with van der Waals surface area (Å²) in [6.07, 6.45) is 1.55. The number of benzene rings is 1. The van der Waals surface area contributed by atoms with Crippen LogP contribution < -0.4 is 0 Å². The summed E-state index contributed by atoms with van der Waals surface area (Å²) in [7, 11) is 0. The van der Waals surface area contributed by atoms with E-state index in [1.165, 1.54) is 11.1 Å². The molecule has 2 aliphatic heterocycles. The minimum Gasteiger partial charge on any atom is -0.481 e. The van der Waals surface area contributed by atoms with Crippen molar-refractivity contribution >= 4 is 11.9 Å². The molecule has 1 amide bonds. The SMILES string of the molecule is O=C(O)C1CCN(CC(=O)N2CCc3ccccc3C2)C1. The van der Waals surface area contributed by atoms with Gasteiger partial charge < -0.3 is 10.0 Å². The molecule has 0 aliphatic carbocycles. The molecule has 0 aromatic heterocycles. The minimum atomic E-state index is -0.753. The number of likely N-dealkylation sites (tertiary alicyclic amines) is 1. The van der Waals surface area contributed by atoms with Crippen molar-refractivity contribution in [2.45, 2.75) is 19.4 Å². The molecule has 1 aromatic rings. The lowest BCUT2D eigenvalue weighted by Crippen LogP contribution is -2.42. The first-order chi connectivity index (χ1) is 10.1. The summed E-state index contributed by atoms with van der Waals surface area (Å²) in [5, 5.41) is 9.00. The topological polar surface area (TPSA) is 60.9 Å². The number of hydrogen-bond donors (Lipinski definition) is 1. The number of aliphatic carboxylic acids is 1. The van der Waals surface area contributed by atoms with Crippen LogP contribution in [0, 0.1) is 5.92 Å². The molecule has 0 saturated carbocycles. The van der Waals surface area contributed by atoms with Crippen molar-refractivity contribution in [1.29, 1.82) is 0 Å². The fourth-order valence-electron chi connectivity index (χ4n) is 3.18. The molecule has 1 fully saturated rings. The van der Waals surface area contributed by atoms with Crippen molar-refractivity contribution in [3.63, 3.8) is 0 Å². The van der Waals surface area contributed by atoms with Gasteiger partial charge in [0.2, 0.25) is 5.91 Å². The van der Waals surface area contributed by atoms with E-state index in [0.717, 1.165) is 13.0 Å². The van der Waals surface area contributed by atoms with Gasteiger partial charge >= 0.3 is 5.97 Å². The Morgan fingerprint density at radius 3 is 2.67 bits per heavy atom. The van der Waals surface area contributed by atoms with E-state index >= 15 is 0 Å². The second-order valence-electron chi connectivity index (χ2n) is 5.89. The molecule has 1 N–H and O–H groups in total. The van der Waals surface area contributed by atoms with E-state index in [-0.39, 0.29) is 11.8 Å². The van der Waals surface area contributed by atoms with Crippen LogP contribution in [0.5, 0.6) is 0 Å². The van der Waals surface area contributed by atoms with Gasteiger partial charge in [0.05, 0.1) is 12.5 Å². The van der Waals surface area contributed by atoms with Crippen molar-refractivity contribution < 1.29 is 14.7 Å². The molecule has 0 radical (unpaired) electrons. The third-order valence-electron chi connectivity index (χ3n) is 4.46. The van der Waals surface area contributed by atoms with Crippen LogP contribution in [-0.2, 0) is 22.6 Å². The quantitative estimate of drug-likeness (QED) is 0.900. The third kappa shape index (κ3) is 3.08. The molecule has 1 atom stereocenters. The second-order valence-corrected chi connectivity index (χ2v) is 5.89. The Bertz CT molecular complexity index is 558. The number of hydrogen-bond acceptors (Lipinski definition) is 3. The minimum absolute atomic E-state index is 0.107. The highest BCUT2D eigenvalue weighted by molar-refractivity contribution is 5.79. The van der Waals surface area contributed by atoms with Gasteiger partial charge in [0.15, 0.2) is 0 Å². The molecule has 1 unspecified atom stereocenters. The molecule has 21 heavy (non-hydrogen) atoms. The van der Waals surface area contributed by atoms with E-state index in [1.54, 1.807) is 0 Å². The number of nitrogens with zero attached hydrogens (tertiary/aromatic N) is 2. The molecule has 1 aromatic carbocycles. The predicted octanol–water partition coefficient (Wildman–Crippen LogP) is 0.978. The molecule has 5 nitrogen and oxygen atoms in total. The van der Waals surface area contributed by atoms with Gasteiger partial charge in [-0.1, -0.05) is 24.3 Å². The van der Waals surface area contributed by atoms with Gasteiger partial charge in [-0.2, -0.15) is 0 Å². The van der Waals surface area contributed by atoms with E-state index in [1.807, 2.05) is 21.9 Å². The van der Waals surface area contributed by atoms with Crippen molar-refractivity contribution in [2.75, 3.05) is 26.2 Å². The highest BCUT2D eigenvalue weighted by Crippen LogP contribution is 2.20. The number of fused-ring (bicyclic) bond motifs is 1. The molecule has 0 spiro atoms. The highest BCUT2D eigenvalue weighted by Gasteiger charge is 2.30. The van der Waals surface area contributed by atoms with Gasteiger partial charge in [0.25, 0.3) is 0 Å².